The number of ether oxygens (including phenoxy) is 2. The second-order valence-electron chi connectivity index (χ2n) is 13.4. The first kappa shape index (κ1) is 39.5. The largest absolute Gasteiger partial charge is 0.501 e. The molecule has 49 heavy (non-hydrogen) atoms. The van der Waals surface area contributed by atoms with E-state index in [1.54, 1.807) is 46.3 Å². The Labute approximate surface area is 296 Å². The molecule has 0 bridgehead atoms. The molecule has 1 aliphatic heterocycles. The van der Waals surface area contributed by atoms with Gasteiger partial charge in [0, 0.05) is 51.8 Å². The normalized spacial score (nSPS) is 17.2. The van der Waals surface area contributed by atoms with Crippen LogP contribution >= 0.6 is 11.3 Å². The summed E-state index contributed by atoms with van der Waals surface area (Å²) >= 11 is 1.54. The van der Waals surface area contributed by atoms with Crippen molar-refractivity contribution in [3.05, 3.63) is 58.2 Å². The van der Waals surface area contributed by atoms with Gasteiger partial charge in [-0.3, -0.25) is 19.2 Å². The van der Waals surface area contributed by atoms with Crippen LogP contribution in [0.2, 0.25) is 0 Å². The quantitative estimate of drug-likeness (QED) is 0.176. The molecule has 1 aromatic carbocycles. The molecule has 0 saturated carbocycles. The van der Waals surface area contributed by atoms with Crippen LogP contribution in [-0.2, 0) is 30.3 Å². The van der Waals surface area contributed by atoms with Crippen molar-refractivity contribution in [3.8, 4) is 5.75 Å². The minimum absolute atomic E-state index is 0.0647. The van der Waals surface area contributed by atoms with Crippen LogP contribution in [0.3, 0.4) is 0 Å². The molecule has 5 atom stereocenters. The number of likely N-dealkylation sites (tertiary alicyclic amines) is 1. The molecular formula is C37H55N5O6S. The number of allylic oxidation sites excluding steroid dienone is 1. The highest BCUT2D eigenvalue weighted by Gasteiger charge is 2.43. The van der Waals surface area contributed by atoms with E-state index in [0.717, 1.165) is 23.4 Å². The van der Waals surface area contributed by atoms with Crippen LogP contribution in [0.5, 0.6) is 5.75 Å². The highest BCUT2D eigenvalue weighted by Crippen LogP contribution is 2.35. The summed E-state index contributed by atoms with van der Waals surface area (Å²) in [5.41, 5.74) is 0.825. The van der Waals surface area contributed by atoms with Crippen molar-refractivity contribution in [2.24, 2.45) is 11.8 Å². The number of nitrogens with zero attached hydrogens (tertiary/aromatic N) is 5. The lowest BCUT2D eigenvalue weighted by molar-refractivity contribution is -0.154. The highest BCUT2D eigenvalue weighted by molar-refractivity contribution is 7.09. The number of amides is 4. The molecule has 2 aromatic rings. The Morgan fingerprint density at radius 2 is 1.65 bits per heavy atom. The Morgan fingerprint density at radius 1 is 1.00 bits per heavy atom. The zero-order valence-corrected chi connectivity index (χ0v) is 31.7. The summed E-state index contributed by atoms with van der Waals surface area (Å²) in [5, 5.41) is 2.83. The number of likely N-dealkylation sites (N-methyl/N-ethyl adjacent to an activating group) is 3. The second-order valence-corrected chi connectivity index (χ2v) is 14.3. The topological polar surface area (TPSA) is 113 Å². The smallest absolute Gasteiger partial charge is 0.250 e. The number of carbonyl (C=O) groups excluding carboxylic acids is 4. The van der Waals surface area contributed by atoms with Gasteiger partial charge in [-0.05, 0) is 55.7 Å². The maximum absolute atomic E-state index is 14.6. The highest BCUT2D eigenvalue weighted by atomic mass is 32.1. The predicted molar refractivity (Wildman–Crippen MR) is 192 cm³/mol. The number of benzene rings is 1. The summed E-state index contributed by atoms with van der Waals surface area (Å²) in [4.78, 5) is 67.6. The fourth-order valence-corrected chi connectivity index (χ4v) is 7.15. The zero-order chi connectivity index (χ0) is 36.4. The van der Waals surface area contributed by atoms with Crippen molar-refractivity contribution in [1.29, 1.82) is 0 Å². The number of aromatic nitrogens is 1. The van der Waals surface area contributed by atoms with Crippen molar-refractivity contribution in [2.45, 2.75) is 90.9 Å². The van der Waals surface area contributed by atoms with E-state index >= 15 is 0 Å². The van der Waals surface area contributed by atoms with E-state index in [9.17, 15) is 19.2 Å². The number of thiazole rings is 1. The average Bonchev–Trinajstić information content (AvgIpc) is 3.81. The van der Waals surface area contributed by atoms with Gasteiger partial charge in [-0.15, -0.1) is 11.3 Å². The van der Waals surface area contributed by atoms with Gasteiger partial charge in [-0.1, -0.05) is 46.2 Å². The van der Waals surface area contributed by atoms with Gasteiger partial charge in [0.1, 0.15) is 28.9 Å². The Balaban J connectivity index is 1.97. The molecular weight excluding hydrogens is 643 g/mol. The van der Waals surface area contributed by atoms with Gasteiger partial charge in [0.15, 0.2) is 0 Å². The molecule has 2 heterocycles. The molecule has 0 aliphatic carbocycles. The molecule has 0 spiro atoms. The van der Waals surface area contributed by atoms with Gasteiger partial charge in [-0.2, -0.15) is 0 Å². The van der Waals surface area contributed by atoms with Crippen LogP contribution in [-0.4, -0.2) is 108 Å². The first-order valence-corrected chi connectivity index (χ1v) is 18.0. The van der Waals surface area contributed by atoms with Gasteiger partial charge < -0.3 is 29.1 Å². The standard InChI is InChI=1S/C37H55N5O6S/c1-11-25(4)33(37(46)42-19-12-13-29(42)34-38-18-20-49-34)41(8)36(45)30(21-24(2)3)40(7)35(44)31(39(6)32(43)22-26(5)47-9)23-27-14-16-28(48-10)17-15-27/h14-18,20,22,24-25,29-31,33H,11-13,19,21,23H2,1-10H3/b26-22+/t25-,29-,30-,31-,33-/m0/s1. The lowest BCUT2D eigenvalue weighted by Crippen LogP contribution is -2.59. The van der Waals surface area contributed by atoms with Crippen molar-refractivity contribution in [3.63, 3.8) is 0 Å². The molecule has 4 amide bonds. The summed E-state index contributed by atoms with van der Waals surface area (Å²) in [7, 11) is 7.95. The SMILES string of the molecule is CC[C@H](C)[C@@H](C(=O)N1CCC[C@H]1c1nccs1)N(C)C(=O)[C@H](CC(C)C)N(C)C(=O)[C@H](Cc1ccc(OC)cc1)N(C)C(=O)/C=C(\C)OC. The molecule has 0 radical (unpaired) electrons. The fourth-order valence-electron chi connectivity index (χ4n) is 6.37. The third kappa shape index (κ3) is 9.83. The lowest BCUT2D eigenvalue weighted by atomic mass is 9.93. The van der Waals surface area contributed by atoms with E-state index in [-0.39, 0.29) is 42.0 Å². The second kappa shape index (κ2) is 18.2. The average molecular weight is 698 g/mol. The van der Waals surface area contributed by atoms with Gasteiger partial charge >= 0.3 is 0 Å². The molecule has 0 N–H and O–H groups in total. The van der Waals surface area contributed by atoms with Crippen LogP contribution in [0, 0.1) is 11.8 Å². The van der Waals surface area contributed by atoms with Crippen molar-refractivity contribution in [1.82, 2.24) is 24.6 Å². The maximum atomic E-state index is 14.6. The van der Waals surface area contributed by atoms with Gasteiger partial charge in [0.05, 0.1) is 26.0 Å². The van der Waals surface area contributed by atoms with E-state index < -0.39 is 24.0 Å². The van der Waals surface area contributed by atoms with Gasteiger partial charge in [-0.25, -0.2) is 4.98 Å². The fraction of sp³-hybridized carbons (Fsp3) is 0.595. The summed E-state index contributed by atoms with van der Waals surface area (Å²) in [5.74, 6) is -0.148. The van der Waals surface area contributed by atoms with Crippen LogP contribution in [0.4, 0.5) is 0 Å². The molecule has 270 valence electrons. The Morgan fingerprint density at radius 3 is 2.20 bits per heavy atom. The third-order valence-electron chi connectivity index (χ3n) is 9.61. The number of hydrogen-bond acceptors (Lipinski definition) is 8. The van der Waals surface area contributed by atoms with Crippen LogP contribution < -0.4 is 4.74 Å². The van der Waals surface area contributed by atoms with Gasteiger partial charge in [0.2, 0.25) is 23.6 Å². The van der Waals surface area contributed by atoms with E-state index in [0.29, 0.717) is 30.9 Å². The Bertz CT molecular complexity index is 1430. The monoisotopic (exact) mass is 697 g/mol. The van der Waals surface area contributed by atoms with Crippen molar-refractivity contribution >= 4 is 35.0 Å². The van der Waals surface area contributed by atoms with Crippen molar-refractivity contribution < 1.29 is 28.7 Å². The molecule has 1 saturated heterocycles. The molecule has 12 heteroatoms. The maximum Gasteiger partial charge on any atom is 0.250 e. The number of carbonyl (C=O) groups is 4. The van der Waals surface area contributed by atoms with E-state index in [2.05, 4.69) is 4.98 Å². The first-order valence-electron chi connectivity index (χ1n) is 17.1. The van der Waals surface area contributed by atoms with Crippen molar-refractivity contribution in [2.75, 3.05) is 41.9 Å². The molecule has 0 unspecified atom stereocenters. The summed E-state index contributed by atoms with van der Waals surface area (Å²) in [6, 6.07) is 4.74. The Hall–Kier alpha value is -3.93. The lowest BCUT2D eigenvalue weighted by Gasteiger charge is -2.40. The van der Waals surface area contributed by atoms with Crippen LogP contribution in [0.1, 0.15) is 76.9 Å². The van der Waals surface area contributed by atoms with Gasteiger partial charge in [0.25, 0.3) is 0 Å². The zero-order valence-electron chi connectivity index (χ0n) is 30.8. The van der Waals surface area contributed by atoms with E-state index in [1.165, 1.54) is 34.3 Å². The molecule has 3 rings (SSSR count). The first-order chi connectivity index (χ1) is 23.2. The summed E-state index contributed by atoms with van der Waals surface area (Å²) < 4.78 is 10.5. The molecule has 1 aromatic heterocycles. The van der Waals surface area contributed by atoms with E-state index in [1.807, 2.05) is 62.2 Å². The summed E-state index contributed by atoms with van der Waals surface area (Å²) in [6.45, 7) is 10.3. The number of hydrogen-bond donors (Lipinski definition) is 0. The molecule has 1 aliphatic rings. The minimum atomic E-state index is -0.921. The minimum Gasteiger partial charge on any atom is -0.501 e. The van der Waals surface area contributed by atoms with E-state index in [4.69, 9.17) is 9.47 Å². The molecule has 11 nitrogen and oxygen atoms in total. The van der Waals surface area contributed by atoms with Crippen LogP contribution in [0.25, 0.3) is 0 Å². The third-order valence-corrected chi connectivity index (χ3v) is 10.5. The number of rotatable bonds is 16. The predicted octanol–water partition coefficient (Wildman–Crippen LogP) is 5.18. The summed E-state index contributed by atoms with van der Waals surface area (Å²) in [6.07, 6.45) is 6.10. The Kier molecular flexibility index (Phi) is 14.7. The van der Waals surface area contributed by atoms with Crippen LogP contribution in [0.15, 0.2) is 47.7 Å². The molecule has 1 fully saturated rings. The number of methoxy groups -OCH3 is 2.